The summed E-state index contributed by atoms with van der Waals surface area (Å²) in [5.74, 6) is 1.28. The van der Waals surface area contributed by atoms with E-state index in [-0.39, 0.29) is 0 Å². The fraction of sp³-hybridized carbons (Fsp3) is 0.600. The fourth-order valence-corrected chi connectivity index (χ4v) is 2.99. The van der Waals surface area contributed by atoms with Crippen molar-refractivity contribution < 1.29 is 10.2 Å². The Hall–Kier alpha value is -1.02. The Bertz CT molecular complexity index is 429. The van der Waals surface area contributed by atoms with Gasteiger partial charge in [-0.3, -0.25) is 0 Å². The molecule has 1 aliphatic carbocycles. The second-order valence-corrected chi connectivity index (χ2v) is 6.12. The molecule has 0 spiro atoms. The molecule has 0 heterocycles. The number of aromatic hydroxyl groups is 1. The third-order valence-electron chi connectivity index (χ3n) is 3.76. The molecule has 0 fully saturated rings. The van der Waals surface area contributed by atoms with Gasteiger partial charge in [0.25, 0.3) is 0 Å². The number of benzene rings is 1. The van der Waals surface area contributed by atoms with E-state index in [4.69, 9.17) is 0 Å². The summed E-state index contributed by atoms with van der Waals surface area (Å²) < 4.78 is 0. The Morgan fingerprint density at radius 1 is 1.29 bits per heavy atom. The highest BCUT2D eigenvalue weighted by molar-refractivity contribution is 5.47. The SMILES string of the molecule is Cc1cc2c(cc1O)[C@@H](C)C[C@H]2CC(C)(C)O. The number of hydrogen-bond donors (Lipinski definition) is 2. The molecular weight excluding hydrogens is 212 g/mol. The van der Waals surface area contributed by atoms with Crippen LogP contribution in [0.1, 0.15) is 62.1 Å². The van der Waals surface area contributed by atoms with E-state index in [0.717, 1.165) is 18.4 Å². The van der Waals surface area contributed by atoms with Crippen LogP contribution in [0.15, 0.2) is 12.1 Å². The van der Waals surface area contributed by atoms with Crippen molar-refractivity contribution in [2.45, 2.75) is 58.0 Å². The van der Waals surface area contributed by atoms with E-state index in [1.165, 1.54) is 11.1 Å². The Morgan fingerprint density at radius 3 is 2.53 bits per heavy atom. The van der Waals surface area contributed by atoms with Crippen molar-refractivity contribution in [3.63, 3.8) is 0 Å². The van der Waals surface area contributed by atoms with Crippen LogP contribution in [0.5, 0.6) is 5.75 Å². The van der Waals surface area contributed by atoms with Crippen molar-refractivity contribution in [3.8, 4) is 5.75 Å². The molecule has 0 aromatic heterocycles. The third-order valence-corrected chi connectivity index (χ3v) is 3.76. The van der Waals surface area contributed by atoms with Crippen molar-refractivity contribution >= 4 is 0 Å². The van der Waals surface area contributed by atoms with E-state index in [9.17, 15) is 10.2 Å². The lowest BCUT2D eigenvalue weighted by atomic mass is 9.88. The summed E-state index contributed by atoms with van der Waals surface area (Å²) in [6.45, 7) is 7.85. The van der Waals surface area contributed by atoms with Crippen LogP contribution in [-0.4, -0.2) is 15.8 Å². The molecular formula is C15H22O2. The first-order valence-corrected chi connectivity index (χ1v) is 6.33. The van der Waals surface area contributed by atoms with Crippen molar-refractivity contribution in [1.82, 2.24) is 0 Å². The molecule has 1 aliphatic rings. The second-order valence-electron chi connectivity index (χ2n) is 6.12. The minimum atomic E-state index is -0.627. The lowest BCUT2D eigenvalue weighted by Crippen LogP contribution is -2.21. The molecule has 94 valence electrons. The van der Waals surface area contributed by atoms with Crippen LogP contribution >= 0.6 is 0 Å². The fourth-order valence-electron chi connectivity index (χ4n) is 2.99. The standard InChI is InChI=1S/C15H22O2/c1-9-5-11(8-15(3,4)17)13-6-10(2)14(16)7-12(9)13/h6-7,9,11,16-17H,5,8H2,1-4H3/t9-,11-/m0/s1. The first-order chi connectivity index (χ1) is 7.78. The predicted molar refractivity (Wildman–Crippen MR) is 69.5 cm³/mol. The highest BCUT2D eigenvalue weighted by atomic mass is 16.3. The van der Waals surface area contributed by atoms with Gasteiger partial charge >= 0.3 is 0 Å². The average molecular weight is 234 g/mol. The van der Waals surface area contributed by atoms with Gasteiger partial charge in [0, 0.05) is 0 Å². The Labute approximate surface area is 103 Å². The molecule has 0 aliphatic heterocycles. The molecule has 2 heteroatoms. The molecule has 1 aromatic rings. The van der Waals surface area contributed by atoms with E-state index < -0.39 is 5.60 Å². The van der Waals surface area contributed by atoms with Crippen LogP contribution in [0.2, 0.25) is 0 Å². The highest BCUT2D eigenvalue weighted by Gasteiger charge is 2.32. The number of fused-ring (bicyclic) bond motifs is 1. The Morgan fingerprint density at radius 2 is 1.94 bits per heavy atom. The van der Waals surface area contributed by atoms with Gasteiger partial charge in [0.2, 0.25) is 0 Å². The summed E-state index contributed by atoms with van der Waals surface area (Å²) in [6, 6.07) is 3.99. The molecule has 0 saturated carbocycles. The van der Waals surface area contributed by atoms with Crippen molar-refractivity contribution in [1.29, 1.82) is 0 Å². The Kier molecular flexibility index (Phi) is 2.94. The van der Waals surface area contributed by atoms with Gasteiger partial charge in [-0.2, -0.15) is 0 Å². The summed E-state index contributed by atoms with van der Waals surface area (Å²) >= 11 is 0. The molecule has 2 rings (SSSR count). The zero-order valence-electron chi connectivity index (χ0n) is 11.1. The van der Waals surface area contributed by atoms with E-state index in [0.29, 0.717) is 17.6 Å². The maximum atomic E-state index is 9.96. The van der Waals surface area contributed by atoms with E-state index in [2.05, 4.69) is 13.0 Å². The molecule has 0 bridgehead atoms. The maximum Gasteiger partial charge on any atom is 0.118 e. The van der Waals surface area contributed by atoms with Gasteiger partial charge in [0.1, 0.15) is 5.75 Å². The predicted octanol–water partition coefficient (Wildman–Crippen LogP) is 3.45. The minimum Gasteiger partial charge on any atom is -0.508 e. The van der Waals surface area contributed by atoms with Crippen LogP contribution in [-0.2, 0) is 0 Å². The smallest absolute Gasteiger partial charge is 0.118 e. The number of phenols is 1. The van der Waals surface area contributed by atoms with E-state index in [1.807, 2.05) is 26.8 Å². The molecule has 0 unspecified atom stereocenters. The highest BCUT2D eigenvalue weighted by Crippen LogP contribution is 2.46. The Balaban J connectivity index is 2.37. The summed E-state index contributed by atoms with van der Waals surface area (Å²) in [5.41, 5.74) is 2.87. The molecule has 2 N–H and O–H groups in total. The zero-order chi connectivity index (χ0) is 12.8. The normalized spacial score (nSPS) is 23.8. The number of aryl methyl sites for hydroxylation is 1. The number of aliphatic hydroxyl groups is 1. The van der Waals surface area contributed by atoms with Crippen molar-refractivity contribution in [2.24, 2.45) is 0 Å². The second kappa shape index (κ2) is 4.02. The van der Waals surface area contributed by atoms with Gasteiger partial charge < -0.3 is 10.2 Å². The van der Waals surface area contributed by atoms with Crippen LogP contribution in [0.4, 0.5) is 0 Å². The first kappa shape index (κ1) is 12.4. The topological polar surface area (TPSA) is 40.5 Å². The van der Waals surface area contributed by atoms with Gasteiger partial charge in [0.05, 0.1) is 5.60 Å². The minimum absolute atomic E-state index is 0.388. The summed E-state index contributed by atoms with van der Waals surface area (Å²) in [7, 11) is 0. The van der Waals surface area contributed by atoms with Crippen LogP contribution in [0, 0.1) is 6.92 Å². The monoisotopic (exact) mass is 234 g/mol. The van der Waals surface area contributed by atoms with Gasteiger partial charge in [-0.15, -0.1) is 0 Å². The number of hydrogen-bond acceptors (Lipinski definition) is 2. The van der Waals surface area contributed by atoms with Crippen molar-refractivity contribution in [2.75, 3.05) is 0 Å². The number of rotatable bonds is 2. The van der Waals surface area contributed by atoms with Gasteiger partial charge in [-0.05, 0) is 68.2 Å². The summed E-state index contributed by atoms with van der Waals surface area (Å²) in [4.78, 5) is 0. The van der Waals surface area contributed by atoms with Gasteiger partial charge in [-0.1, -0.05) is 13.0 Å². The largest absolute Gasteiger partial charge is 0.508 e. The third kappa shape index (κ3) is 2.47. The molecule has 2 atom stereocenters. The average Bonchev–Trinajstić information content (AvgIpc) is 2.43. The lowest BCUT2D eigenvalue weighted by Gasteiger charge is -2.22. The van der Waals surface area contributed by atoms with Gasteiger partial charge in [0.15, 0.2) is 0 Å². The molecule has 1 aromatic carbocycles. The quantitative estimate of drug-likeness (QED) is 0.822. The maximum absolute atomic E-state index is 9.96. The van der Waals surface area contributed by atoms with E-state index in [1.54, 1.807) is 0 Å². The van der Waals surface area contributed by atoms with Crippen LogP contribution in [0.3, 0.4) is 0 Å². The zero-order valence-corrected chi connectivity index (χ0v) is 11.1. The molecule has 17 heavy (non-hydrogen) atoms. The van der Waals surface area contributed by atoms with Crippen LogP contribution in [0.25, 0.3) is 0 Å². The van der Waals surface area contributed by atoms with E-state index >= 15 is 0 Å². The van der Waals surface area contributed by atoms with Gasteiger partial charge in [-0.25, -0.2) is 0 Å². The number of phenolic OH excluding ortho intramolecular Hbond substituents is 1. The molecule has 0 radical (unpaired) electrons. The van der Waals surface area contributed by atoms with Crippen LogP contribution < -0.4 is 0 Å². The molecule has 0 amide bonds. The molecule has 2 nitrogen and oxygen atoms in total. The molecule has 0 saturated heterocycles. The summed E-state index contributed by atoms with van der Waals surface area (Å²) in [5, 5.41) is 19.7. The van der Waals surface area contributed by atoms with Crippen molar-refractivity contribution in [3.05, 3.63) is 28.8 Å². The first-order valence-electron chi connectivity index (χ1n) is 6.33. The lowest BCUT2D eigenvalue weighted by molar-refractivity contribution is 0.0626. The summed E-state index contributed by atoms with van der Waals surface area (Å²) in [6.07, 6.45) is 1.86.